The number of hydrogen-bond donors (Lipinski definition) is 1. The Hall–Kier alpha value is -2.79. The van der Waals surface area contributed by atoms with Crippen LogP contribution in [0.1, 0.15) is 29.8 Å². The first-order valence-electron chi connectivity index (χ1n) is 10.9. The van der Waals surface area contributed by atoms with E-state index in [1.807, 2.05) is 24.4 Å². The number of aromatic nitrogens is 1. The molecule has 5 nitrogen and oxygen atoms in total. The van der Waals surface area contributed by atoms with Crippen LogP contribution >= 0.6 is 0 Å². The van der Waals surface area contributed by atoms with Crippen molar-refractivity contribution in [1.82, 2.24) is 14.8 Å². The number of benzene rings is 2. The Morgan fingerprint density at radius 2 is 1.70 bits per heavy atom. The molecule has 0 bridgehead atoms. The molecule has 0 atom stereocenters. The Morgan fingerprint density at radius 1 is 1.00 bits per heavy atom. The minimum atomic E-state index is -0.0121. The van der Waals surface area contributed by atoms with Gasteiger partial charge in [-0.2, -0.15) is 0 Å². The number of rotatable bonds is 6. The molecule has 0 saturated carbocycles. The highest BCUT2D eigenvalue weighted by molar-refractivity contribution is 6.07. The van der Waals surface area contributed by atoms with Gasteiger partial charge >= 0.3 is 0 Å². The van der Waals surface area contributed by atoms with Gasteiger partial charge in [0.15, 0.2) is 0 Å². The van der Waals surface area contributed by atoms with E-state index in [0.29, 0.717) is 12.5 Å². The van der Waals surface area contributed by atoms with E-state index in [-0.39, 0.29) is 5.91 Å². The maximum Gasteiger partial charge on any atom is 0.253 e. The zero-order valence-corrected chi connectivity index (χ0v) is 18.3. The number of nitrogens with zero attached hydrogens (tertiary/aromatic N) is 3. The van der Waals surface area contributed by atoms with E-state index in [0.717, 1.165) is 49.2 Å². The fourth-order valence-corrected chi connectivity index (χ4v) is 4.26. The summed E-state index contributed by atoms with van der Waals surface area (Å²) in [6.45, 7) is 10.00. The lowest BCUT2D eigenvalue weighted by molar-refractivity contribution is 0.0952. The Kier molecular flexibility index (Phi) is 6.09. The molecule has 4 rings (SSSR count). The van der Waals surface area contributed by atoms with Crippen molar-refractivity contribution in [3.05, 3.63) is 65.9 Å². The summed E-state index contributed by atoms with van der Waals surface area (Å²) in [5.74, 6) is 0.508. The molecular weight excluding hydrogens is 372 g/mol. The van der Waals surface area contributed by atoms with Gasteiger partial charge in [0.2, 0.25) is 0 Å². The number of likely N-dealkylation sites (N-methyl/N-ethyl adjacent to an activating group) is 1. The Labute approximate surface area is 179 Å². The van der Waals surface area contributed by atoms with Crippen LogP contribution in [0.25, 0.3) is 10.9 Å². The summed E-state index contributed by atoms with van der Waals surface area (Å²) in [6, 6.07) is 16.6. The average molecular weight is 405 g/mol. The standard InChI is InChI=1S/C25H32N4O/c1-19(2)17-29-18-22(21-9-5-7-11-24(21)29)25(30)26-16-20-8-4-6-10-23(20)28-14-12-27(3)13-15-28/h4-11,18-19H,12-17H2,1-3H3,(H,26,30). The summed E-state index contributed by atoms with van der Waals surface area (Å²) in [7, 11) is 2.17. The van der Waals surface area contributed by atoms with E-state index in [1.165, 1.54) is 11.3 Å². The van der Waals surface area contributed by atoms with Crippen molar-refractivity contribution in [2.24, 2.45) is 5.92 Å². The van der Waals surface area contributed by atoms with Crippen LogP contribution in [0.5, 0.6) is 0 Å². The second-order valence-corrected chi connectivity index (χ2v) is 8.71. The number of piperazine rings is 1. The number of nitrogens with one attached hydrogen (secondary N) is 1. The lowest BCUT2D eigenvalue weighted by Gasteiger charge is -2.35. The van der Waals surface area contributed by atoms with Crippen molar-refractivity contribution in [3.63, 3.8) is 0 Å². The highest BCUT2D eigenvalue weighted by Gasteiger charge is 2.18. The number of amides is 1. The predicted octanol–water partition coefficient (Wildman–Crippen LogP) is 3.98. The van der Waals surface area contributed by atoms with Crippen molar-refractivity contribution in [2.75, 3.05) is 38.1 Å². The number of carbonyl (C=O) groups is 1. The fourth-order valence-electron chi connectivity index (χ4n) is 4.26. The number of para-hydroxylation sites is 2. The van der Waals surface area contributed by atoms with Crippen LogP contribution in [0.2, 0.25) is 0 Å². The average Bonchev–Trinajstić information content (AvgIpc) is 3.11. The minimum Gasteiger partial charge on any atom is -0.369 e. The second-order valence-electron chi connectivity index (χ2n) is 8.71. The van der Waals surface area contributed by atoms with Gasteiger partial charge < -0.3 is 19.7 Å². The topological polar surface area (TPSA) is 40.5 Å². The summed E-state index contributed by atoms with van der Waals surface area (Å²) >= 11 is 0. The van der Waals surface area contributed by atoms with Crippen LogP contribution < -0.4 is 10.2 Å². The van der Waals surface area contributed by atoms with Gasteiger partial charge in [-0.05, 0) is 30.7 Å². The van der Waals surface area contributed by atoms with Crippen LogP contribution in [0.4, 0.5) is 5.69 Å². The Balaban J connectivity index is 1.52. The first-order valence-corrected chi connectivity index (χ1v) is 10.9. The minimum absolute atomic E-state index is 0.0121. The van der Waals surface area contributed by atoms with E-state index in [9.17, 15) is 4.79 Å². The third-order valence-electron chi connectivity index (χ3n) is 5.87. The zero-order chi connectivity index (χ0) is 21.1. The van der Waals surface area contributed by atoms with Crippen molar-refractivity contribution in [2.45, 2.75) is 26.9 Å². The number of carbonyl (C=O) groups excluding carboxylic acids is 1. The van der Waals surface area contributed by atoms with Gasteiger partial charge in [0.25, 0.3) is 5.91 Å². The largest absolute Gasteiger partial charge is 0.369 e. The molecule has 3 aromatic rings. The predicted molar refractivity (Wildman–Crippen MR) is 124 cm³/mol. The Morgan fingerprint density at radius 3 is 2.47 bits per heavy atom. The molecule has 158 valence electrons. The molecule has 1 aromatic heterocycles. The molecule has 1 saturated heterocycles. The molecule has 30 heavy (non-hydrogen) atoms. The molecule has 1 aliphatic rings. The molecule has 0 unspecified atom stereocenters. The maximum atomic E-state index is 13.1. The van der Waals surface area contributed by atoms with Crippen molar-refractivity contribution < 1.29 is 4.79 Å². The quantitative estimate of drug-likeness (QED) is 0.676. The molecule has 0 spiro atoms. The molecule has 1 aliphatic heterocycles. The fraction of sp³-hybridized carbons (Fsp3) is 0.400. The van der Waals surface area contributed by atoms with Crippen LogP contribution in [-0.4, -0.2) is 48.6 Å². The number of anilines is 1. The van der Waals surface area contributed by atoms with E-state index in [2.05, 4.69) is 70.9 Å². The van der Waals surface area contributed by atoms with Gasteiger partial charge in [-0.1, -0.05) is 50.2 Å². The Bertz CT molecular complexity index is 1010. The molecular formula is C25H32N4O. The SMILES string of the molecule is CC(C)Cn1cc(C(=O)NCc2ccccc2N2CCN(C)CC2)c2ccccc21. The van der Waals surface area contributed by atoms with Gasteiger partial charge in [-0.25, -0.2) is 0 Å². The molecule has 1 fully saturated rings. The lowest BCUT2D eigenvalue weighted by atomic mass is 10.1. The summed E-state index contributed by atoms with van der Waals surface area (Å²) in [6.07, 6.45) is 2.01. The van der Waals surface area contributed by atoms with Crippen molar-refractivity contribution in [1.29, 1.82) is 0 Å². The highest BCUT2D eigenvalue weighted by Crippen LogP contribution is 2.24. The molecule has 2 heterocycles. The number of fused-ring (bicyclic) bond motifs is 1. The van der Waals surface area contributed by atoms with E-state index < -0.39 is 0 Å². The van der Waals surface area contributed by atoms with Gasteiger partial charge in [0.1, 0.15) is 0 Å². The van der Waals surface area contributed by atoms with Gasteiger partial charge in [0, 0.05) is 62.1 Å². The van der Waals surface area contributed by atoms with Gasteiger partial charge in [-0.15, -0.1) is 0 Å². The lowest BCUT2D eigenvalue weighted by Crippen LogP contribution is -2.45. The van der Waals surface area contributed by atoms with Crippen LogP contribution in [-0.2, 0) is 13.1 Å². The maximum absolute atomic E-state index is 13.1. The van der Waals surface area contributed by atoms with Crippen molar-refractivity contribution >= 4 is 22.5 Å². The first-order chi connectivity index (χ1) is 14.5. The third kappa shape index (κ3) is 4.36. The third-order valence-corrected chi connectivity index (χ3v) is 5.87. The molecule has 0 radical (unpaired) electrons. The molecule has 1 N–H and O–H groups in total. The summed E-state index contributed by atoms with van der Waals surface area (Å²) in [4.78, 5) is 17.9. The summed E-state index contributed by atoms with van der Waals surface area (Å²) in [5.41, 5.74) is 4.27. The summed E-state index contributed by atoms with van der Waals surface area (Å²) in [5, 5.41) is 4.19. The molecule has 2 aromatic carbocycles. The van der Waals surface area contributed by atoms with Gasteiger partial charge in [-0.3, -0.25) is 4.79 Å². The smallest absolute Gasteiger partial charge is 0.253 e. The molecule has 1 amide bonds. The first kappa shape index (κ1) is 20.5. The highest BCUT2D eigenvalue weighted by atomic mass is 16.1. The molecule has 5 heteroatoms. The van der Waals surface area contributed by atoms with Gasteiger partial charge in [0.05, 0.1) is 5.56 Å². The van der Waals surface area contributed by atoms with Crippen LogP contribution in [0.3, 0.4) is 0 Å². The monoisotopic (exact) mass is 404 g/mol. The normalized spacial score (nSPS) is 15.1. The second kappa shape index (κ2) is 8.92. The van der Waals surface area contributed by atoms with Crippen LogP contribution in [0.15, 0.2) is 54.7 Å². The number of hydrogen-bond acceptors (Lipinski definition) is 3. The van der Waals surface area contributed by atoms with Crippen LogP contribution in [0, 0.1) is 5.92 Å². The van der Waals surface area contributed by atoms with E-state index in [4.69, 9.17) is 0 Å². The molecule has 0 aliphatic carbocycles. The van der Waals surface area contributed by atoms with E-state index in [1.54, 1.807) is 0 Å². The summed E-state index contributed by atoms with van der Waals surface area (Å²) < 4.78 is 2.20. The zero-order valence-electron chi connectivity index (χ0n) is 18.3. The van der Waals surface area contributed by atoms with E-state index >= 15 is 0 Å². The van der Waals surface area contributed by atoms with Crippen molar-refractivity contribution in [3.8, 4) is 0 Å².